The lowest BCUT2D eigenvalue weighted by Crippen LogP contribution is -2.30. The lowest BCUT2D eigenvalue weighted by molar-refractivity contribution is 0.0985. The first-order valence-corrected chi connectivity index (χ1v) is 10.8. The summed E-state index contributed by atoms with van der Waals surface area (Å²) in [5.41, 5.74) is 5.56. The lowest BCUT2D eigenvalue weighted by atomic mass is 10.1. The molecule has 0 N–H and O–H groups in total. The van der Waals surface area contributed by atoms with E-state index >= 15 is 0 Å². The van der Waals surface area contributed by atoms with Crippen LogP contribution in [-0.2, 0) is 13.1 Å². The van der Waals surface area contributed by atoms with Gasteiger partial charge in [0.05, 0.1) is 21.5 Å². The molecule has 5 rings (SSSR count). The largest absolute Gasteiger partial charge is 0.345 e. The van der Waals surface area contributed by atoms with E-state index in [9.17, 15) is 4.79 Å². The van der Waals surface area contributed by atoms with E-state index in [0.29, 0.717) is 17.1 Å². The van der Waals surface area contributed by atoms with E-state index in [1.54, 1.807) is 6.07 Å². The first-order valence-electron chi connectivity index (χ1n) is 9.18. The van der Waals surface area contributed by atoms with Crippen molar-refractivity contribution in [1.82, 2.24) is 4.57 Å². The second-order valence-corrected chi connectivity index (χ2v) is 8.93. The number of amides is 1. The average Bonchev–Trinajstić information content (AvgIpc) is 3.32. The quantitative estimate of drug-likeness (QED) is 0.340. The summed E-state index contributed by atoms with van der Waals surface area (Å²) in [6.07, 6.45) is 2.05. The third-order valence-corrected chi connectivity index (χ3v) is 6.62. The molecule has 3 heterocycles. The summed E-state index contributed by atoms with van der Waals surface area (Å²) in [4.78, 5) is 15.3. The van der Waals surface area contributed by atoms with Crippen molar-refractivity contribution >= 4 is 46.1 Å². The molecule has 1 aliphatic rings. The zero-order valence-corrected chi connectivity index (χ0v) is 17.6. The summed E-state index contributed by atoms with van der Waals surface area (Å²) in [6, 6.07) is 19.6. The maximum absolute atomic E-state index is 13.5. The first-order chi connectivity index (χ1) is 14.1. The Bertz CT molecular complexity index is 1230. The maximum atomic E-state index is 13.5. The van der Waals surface area contributed by atoms with Crippen molar-refractivity contribution in [3.05, 3.63) is 98.4 Å². The highest BCUT2D eigenvalue weighted by Crippen LogP contribution is 2.34. The smallest absolute Gasteiger partial charge is 0.260 e. The van der Waals surface area contributed by atoms with Crippen LogP contribution in [0.1, 0.15) is 21.6 Å². The van der Waals surface area contributed by atoms with E-state index in [1.807, 2.05) is 58.9 Å². The number of fused-ring (bicyclic) bond motifs is 2. The van der Waals surface area contributed by atoms with Crippen LogP contribution in [0.3, 0.4) is 0 Å². The molecule has 1 aliphatic heterocycles. The maximum Gasteiger partial charge on any atom is 0.260 e. The van der Waals surface area contributed by atoms with Gasteiger partial charge in [-0.25, -0.2) is 0 Å². The van der Waals surface area contributed by atoms with Gasteiger partial charge in [0.2, 0.25) is 0 Å². The van der Waals surface area contributed by atoms with Crippen molar-refractivity contribution in [2.24, 2.45) is 0 Å². The minimum absolute atomic E-state index is 0.105. The molecule has 0 radical (unpaired) electrons. The number of benzene rings is 2. The molecule has 4 aromatic rings. The number of para-hydroxylation sites is 1. The third-order valence-electron chi connectivity index (χ3n) is 5.21. The average molecular weight is 439 g/mol. The van der Waals surface area contributed by atoms with Gasteiger partial charge in [-0.2, -0.15) is 0 Å². The van der Waals surface area contributed by atoms with Crippen LogP contribution in [-0.4, -0.2) is 10.5 Å². The van der Waals surface area contributed by atoms with Gasteiger partial charge in [-0.15, -0.1) is 11.3 Å². The molecular formula is C23H16Cl2N2OS. The molecule has 0 aliphatic carbocycles. The van der Waals surface area contributed by atoms with Crippen LogP contribution in [0.15, 0.2) is 72.2 Å². The topological polar surface area (TPSA) is 25.2 Å². The van der Waals surface area contributed by atoms with Crippen molar-refractivity contribution in [2.45, 2.75) is 13.1 Å². The molecule has 29 heavy (non-hydrogen) atoms. The van der Waals surface area contributed by atoms with Gasteiger partial charge in [0, 0.05) is 29.5 Å². The molecule has 0 saturated carbocycles. The Morgan fingerprint density at radius 2 is 1.79 bits per heavy atom. The minimum atomic E-state index is -0.105. The highest BCUT2D eigenvalue weighted by molar-refractivity contribution is 7.14. The second-order valence-electron chi connectivity index (χ2n) is 6.98. The fourth-order valence-electron chi connectivity index (χ4n) is 3.74. The molecule has 0 unspecified atom stereocenters. The predicted octanol–water partition coefficient (Wildman–Crippen LogP) is 6.73. The number of rotatable bonds is 2. The number of anilines is 1. The van der Waals surface area contributed by atoms with Gasteiger partial charge in [-0.1, -0.05) is 47.5 Å². The second kappa shape index (κ2) is 7.38. The third kappa shape index (κ3) is 3.38. The first kappa shape index (κ1) is 18.5. The number of thiophene rings is 1. The Morgan fingerprint density at radius 1 is 0.931 bits per heavy atom. The highest BCUT2D eigenvalue weighted by Gasteiger charge is 2.26. The minimum Gasteiger partial charge on any atom is -0.345 e. The summed E-state index contributed by atoms with van der Waals surface area (Å²) >= 11 is 14.1. The van der Waals surface area contributed by atoms with Gasteiger partial charge >= 0.3 is 0 Å². The SMILES string of the molecule is O=C(c1ccc(-c2csc(Cl)c2)cc1Cl)N1Cc2cccn2Cc2ccccc21. The number of hydrogen-bond acceptors (Lipinski definition) is 2. The van der Waals surface area contributed by atoms with E-state index in [-0.39, 0.29) is 5.91 Å². The summed E-state index contributed by atoms with van der Waals surface area (Å²) in [5.74, 6) is -0.105. The van der Waals surface area contributed by atoms with E-state index in [4.69, 9.17) is 23.2 Å². The van der Waals surface area contributed by atoms with Crippen molar-refractivity contribution in [2.75, 3.05) is 4.90 Å². The lowest BCUT2D eigenvalue weighted by Gasteiger charge is -2.23. The Kier molecular flexibility index (Phi) is 4.70. The fraction of sp³-hybridized carbons (Fsp3) is 0.0870. The Balaban J connectivity index is 1.55. The molecular weight excluding hydrogens is 423 g/mol. The van der Waals surface area contributed by atoms with Gasteiger partial charge < -0.3 is 9.47 Å². The Hall–Kier alpha value is -2.53. The van der Waals surface area contributed by atoms with Gasteiger partial charge in [-0.05, 0) is 53.1 Å². The molecule has 0 spiro atoms. The molecule has 0 bridgehead atoms. The van der Waals surface area contributed by atoms with Gasteiger partial charge in [0.25, 0.3) is 5.91 Å². The molecule has 0 fully saturated rings. The summed E-state index contributed by atoms with van der Waals surface area (Å²) in [5, 5.41) is 2.42. The van der Waals surface area contributed by atoms with Crippen LogP contribution < -0.4 is 4.90 Å². The molecule has 144 valence electrons. The van der Waals surface area contributed by atoms with Gasteiger partial charge in [0.1, 0.15) is 0 Å². The number of carbonyl (C=O) groups is 1. The number of halogens is 2. The number of aromatic nitrogens is 1. The van der Waals surface area contributed by atoms with Crippen LogP contribution >= 0.6 is 34.5 Å². The Labute approximate surface area is 182 Å². The molecule has 0 atom stereocenters. The van der Waals surface area contributed by atoms with Crippen LogP contribution in [0.2, 0.25) is 9.36 Å². The molecule has 2 aromatic heterocycles. The van der Waals surface area contributed by atoms with Crippen LogP contribution in [0.4, 0.5) is 5.69 Å². The van der Waals surface area contributed by atoms with Crippen molar-refractivity contribution in [3.63, 3.8) is 0 Å². The molecule has 1 amide bonds. The number of hydrogen-bond donors (Lipinski definition) is 0. The number of carbonyl (C=O) groups excluding carboxylic acids is 1. The normalized spacial score (nSPS) is 13.0. The van der Waals surface area contributed by atoms with Crippen LogP contribution in [0, 0.1) is 0 Å². The number of nitrogens with zero attached hydrogens (tertiary/aromatic N) is 2. The summed E-state index contributed by atoms with van der Waals surface area (Å²) < 4.78 is 2.90. The van der Waals surface area contributed by atoms with Gasteiger partial charge in [-0.3, -0.25) is 4.79 Å². The molecule has 6 heteroatoms. The standard InChI is InChI=1S/C23H16Cl2N2OS/c24-20-10-15(17-11-22(25)29-14-17)7-8-19(20)23(28)27-13-18-5-3-9-26(18)12-16-4-1-2-6-21(16)27/h1-11,14H,12-13H2. The summed E-state index contributed by atoms with van der Waals surface area (Å²) in [6.45, 7) is 1.24. The summed E-state index contributed by atoms with van der Waals surface area (Å²) in [7, 11) is 0. The molecule has 2 aromatic carbocycles. The van der Waals surface area contributed by atoms with Crippen molar-refractivity contribution in [1.29, 1.82) is 0 Å². The van der Waals surface area contributed by atoms with Crippen LogP contribution in [0.5, 0.6) is 0 Å². The predicted molar refractivity (Wildman–Crippen MR) is 120 cm³/mol. The van der Waals surface area contributed by atoms with E-state index in [0.717, 1.165) is 39.0 Å². The van der Waals surface area contributed by atoms with Crippen LogP contribution in [0.25, 0.3) is 11.1 Å². The van der Waals surface area contributed by atoms with Gasteiger partial charge in [0.15, 0.2) is 0 Å². The van der Waals surface area contributed by atoms with E-state index < -0.39 is 0 Å². The van der Waals surface area contributed by atoms with Crippen molar-refractivity contribution in [3.8, 4) is 11.1 Å². The molecule has 3 nitrogen and oxygen atoms in total. The van der Waals surface area contributed by atoms with Crippen molar-refractivity contribution < 1.29 is 4.79 Å². The van der Waals surface area contributed by atoms with E-state index in [1.165, 1.54) is 11.3 Å². The fourth-order valence-corrected chi connectivity index (χ4v) is 4.89. The molecule has 0 saturated heterocycles. The zero-order valence-electron chi connectivity index (χ0n) is 15.3. The van der Waals surface area contributed by atoms with E-state index in [2.05, 4.69) is 16.7 Å². The monoisotopic (exact) mass is 438 g/mol. The highest BCUT2D eigenvalue weighted by atomic mass is 35.5. The Morgan fingerprint density at radius 3 is 2.59 bits per heavy atom. The zero-order chi connectivity index (χ0) is 20.0.